The molecule has 0 aromatic carbocycles. The Morgan fingerprint density at radius 3 is 0.304 bits per heavy atom. The maximum atomic E-state index is 2.43. The Labute approximate surface area is 886 Å². The molecule has 138 heavy (non-hydrogen) atoms. The van der Waals surface area contributed by atoms with Gasteiger partial charge in [-0.2, -0.15) is 0 Å². The van der Waals surface area contributed by atoms with Crippen molar-refractivity contribution in [3.63, 3.8) is 0 Å². The van der Waals surface area contributed by atoms with Crippen LogP contribution in [0.2, 0.25) is 0 Å². The summed E-state index contributed by atoms with van der Waals surface area (Å²) in [6.07, 6.45) is 132. The van der Waals surface area contributed by atoms with Crippen LogP contribution in [0, 0.1) is 94.7 Å². The van der Waals surface area contributed by atoms with Gasteiger partial charge in [0.15, 0.2) is 0 Å². The van der Waals surface area contributed by atoms with Crippen LogP contribution >= 0.6 is 0 Å². The van der Waals surface area contributed by atoms with Crippen molar-refractivity contribution in [1.82, 2.24) is 0 Å². The lowest BCUT2D eigenvalue weighted by Gasteiger charge is -2.20. The quantitative estimate of drug-likeness (QED) is 0.0421. The third-order valence-electron chi connectivity index (χ3n) is 32.2. The highest BCUT2D eigenvalue weighted by Gasteiger charge is 2.20. The van der Waals surface area contributed by atoms with Gasteiger partial charge < -0.3 is 0 Å². The molecule has 0 heterocycles. The molecule has 0 amide bonds. The van der Waals surface area contributed by atoms with E-state index in [-0.39, 0.29) is 0 Å². The largest absolute Gasteiger partial charge is 0.0885 e. The topological polar surface area (TPSA) is 0 Å². The van der Waals surface area contributed by atoms with Gasteiger partial charge in [-0.05, 0) is 133 Å². The summed E-state index contributed by atoms with van der Waals surface area (Å²) in [4.78, 5) is 0. The molecule has 0 spiro atoms. The second-order valence-electron chi connectivity index (χ2n) is 48.4. The molecule has 0 nitrogen and oxygen atoms in total. The lowest BCUT2D eigenvalue weighted by Crippen LogP contribution is -2.08. The van der Waals surface area contributed by atoms with E-state index in [1.807, 2.05) is 0 Å². The molecule has 0 saturated heterocycles. The van der Waals surface area contributed by atoms with Crippen molar-refractivity contribution in [3.05, 3.63) is 24.3 Å². The Bertz CT molecular complexity index is 1920. The molecular weight excluding hydrogens is 1660 g/mol. The van der Waals surface area contributed by atoms with Crippen LogP contribution in [-0.4, -0.2) is 0 Å². The van der Waals surface area contributed by atoms with E-state index in [0.717, 1.165) is 94.7 Å². The molecule has 0 rings (SSSR count). The Morgan fingerprint density at radius 1 is 0.0942 bits per heavy atom. The molecule has 2 unspecified atom stereocenters. The number of allylic oxidation sites excluding steroid dienone is 4. The van der Waals surface area contributed by atoms with Crippen LogP contribution < -0.4 is 0 Å². The summed E-state index contributed by atoms with van der Waals surface area (Å²) < 4.78 is 0. The van der Waals surface area contributed by atoms with Crippen molar-refractivity contribution < 1.29 is 0 Å². The summed E-state index contributed by atoms with van der Waals surface area (Å²) in [6, 6.07) is 0. The van der Waals surface area contributed by atoms with Gasteiger partial charge in [0.05, 0.1) is 0 Å². The van der Waals surface area contributed by atoms with Gasteiger partial charge in [-0.25, -0.2) is 0 Å². The highest BCUT2D eigenvalue weighted by Crippen LogP contribution is 2.33. The lowest BCUT2D eigenvalue weighted by atomic mass is 9.85. The first kappa shape index (κ1) is 153. The average Bonchev–Trinajstić information content (AvgIpc) is 1.02. The number of hydrogen-bond acceptors (Lipinski definition) is 0. The van der Waals surface area contributed by atoms with Crippen LogP contribution in [0.5, 0.6) is 0 Å². The minimum absolute atomic E-state index is 0.823. The van der Waals surface area contributed by atoms with Crippen LogP contribution in [0.15, 0.2) is 24.3 Å². The van der Waals surface area contributed by atoms with Crippen LogP contribution in [0.25, 0.3) is 0 Å². The summed E-state index contributed by atoms with van der Waals surface area (Å²) in [6.45, 7) is 75.2. The summed E-state index contributed by atoms with van der Waals surface area (Å²) >= 11 is 0. The predicted octanol–water partition coefficient (Wildman–Crippen LogP) is 53.0. The number of rotatable bonds is 96. The van der Waals surface area contributed by atoms with E-state index in [0.29, 0.717) is 0 Å². The molecular formula is C138H288. The normalized spacial score (nSPS) is 12.2. The zero-order chi connectivity index (χ0) is 105. The molecule has 0 aliphatic rings. The van der Waals surface area contributed by atoms with E-state index < -0.39 is 0 Å². The van der Waals surface area contributed by atoms with Crippen LogP contribution in [0.3, 0.4) is 0 Å². The van der Waals surface area contributed by atoms with Crippen molar-refractivity contribution in [2.75, 3.05) is 0 Å². The standard InChI is InChI=1S/C20H42.C19H40.2C18H38.C18H34.C17H36.C16H34.C12H26/c1-5-7-9-11-13-15-17-20(19(3)4)18-16-14-12-10-8-6-2;1-5-7-9-11-13-15-17-19(18(3)4)16-14-12-10-8-6-2;3*1-5-7-9-11-13-15-18(17(3)4)16-14-12-10-8-6-2;1-5-7-9-11-13-15-17(16(3)4)14-12-10-8-6-2;1-5-7-9-11-13-16(15(3)4)14-12-10-8-6-2;1-5-7-9-12(11(3)4)10-8-6-2/h19-20H,5-18H2,1-4H3;18-19H,5-17H2,1-4H3;2*17-18H,5-16H2,1-4H3;9-12,17-18H,5-8,13-16H2,1-4H3;16-17H,5-15H2,1-4H3;15-16H,5-14H2,1-4H3;11-12H,5-10H2,1-4H3/b;;;;11-9+,12-10+;;;. The van der Waals surface area contributed by atoms with Gasteiger partial charge in [-0.3, -0.25) is 0 Å². The summed E-state index contributed by atoms with van der Waals surface area (Å²) in [5.41, 5.74) is 0. The molecule has 0 fully saturated rings. The van der Waals surface area contributed by atoms with E-state index in [2.05, 4.69) is 246 Å². The molecule has 0 aliphatic carbocycles. The van der Waals surface area contributed by atoms with Gasteiger partial charge in [0.25, 0.3) is 0 Å². The van der Waals surface area contributed by atoms with Gasteiger partial charge in [0, 0.05) is 0 Å². The molecule has 0 saturated carbocycles. The molecule has 0 heteroatoms. The molecule has 0 N–H and O–H groups in total. The zero-order valence-corrected chi connectivity index (χ0v) is 104. The Kier molecular flexibility index (Phi) is 147. The highest BCUT2D eigenvalue weighted by atomic mass is 14.3. The average molecular weight is 1950 g/mol. The smallest absolute Gasteiger partial charge is 0.0348 e. The SMILES string of the molecule is CCC/C=C/CCC(CC/C=C/CCC)C(C)C.CCCCC(CCCC)C(C)C.CCCCCCC(CCCCCC)C(C)C.CCCCCCCC(CCCCCC)C(C)C.CCCCCCCC(CCCCCCC)C(C)C.CCCCCCCC(CCCCCCC)C(C)C.CCCCCCCCC(CCCCCCC)C(C)C.CCCCCCCCC(CCCCCCCC)C(C)C. The first-order valence-corrected chi connectivity index (χ1v) is 66.0. The Balaban J connectivity index is -0.000000234. The second kappa shape index (κ2) is 133. The third kappa shape index (κ3) is 130. The van der Waals surface area contributed by atoms with E-state index in [4.69, 9.17) is 0 Å². The maximum absolute atomic E-state index is 2.43. The first-order chi connectivity index (χ1) is 66.7. The minimum Gasteiger partial charge on any atom is -0.0885 e. The van der Waals surface area contributed by atoms with Crippen molar-refractivity contribution in [2.24, 2.45) is 94.7 Å². The summed E-state index contributed by atoms with van der Waals surface area (Å²) in [5.74, 6) is 14.9. The first-order valence-electron chi connectivity index (χ1n) is 66.0. The van der Waals surface area contributed by atoms with Crippen molar-refractivity contribution in [1.29, 1.82) is 0 Å². The van der Waals surface area contributed by atoms with E-state index in [1.54, 1.807) is 0 Å². The van der Waals surface area contributed by atoms with Gasteiger partial charge in [0.1, 0.15) is 0 Å². The zero-order valence-electron chi connectivity index (χ0n) is 104. The lowest BCUT2D eigenvalue weighted by molar-refractivity contribution is 0.312. The van der Waals surface area contributed by atoms with E-state index >= 15 is 0 Å². The molecule has 0 aromatic rings. The molecule has 2 atom stereocenters. The van der Waals surface area contributed by atoms with Crippen molar-refractivity contribution in [2.45, 2.75) is 774 Å². The van der Waals surface area contributed by atoms with Crippen LogP contribution in [0.1, 0.15) is 774 Å². The van der Waals surface area contributed by atoms with Gasteiger partial charge in [0.2, 0.25) is 0 Å². The van der Waals surface area contributed by atoms with Crippen molar-refractivity contribution in [3.8, 4) is 0 Å². The molecule has 0 radical (unpaired) electrons. The van der Waals surface area contributed by atoms with Gasteiger partial charge >= 0.3 is 0 Å². The molecule has 0 aliphatic heterocycles. The molecule has 0 bridgehead atoms. The molecule has 0 aromatic heterocycles. The fourth-order valence-corrected chi connectivity index (χ4v) is 21.0. The highest BCUT2D eigenvalue weighted by molar-refractivity contribution is 4.85. The maximum Gasteiger partial charge on any atom is -0.0348 e. The third-order valence-corrected chi connectivity index (χ3v) is 32.2. The van der Waals surface area contributed by atoms with Crippen molar-refractivity contribution >= 4 is 0 Å². The second-order valence-corrected chi connectivity index (χ2v) is 48.4. The summed E-state index contributed by atoms with van der Waals surface area (Å²) in [7, 11) is 0. The van der Waals surface area contributed by atoms with Crippen LogP contribution in [-0.2, 0) is 0 Å². The van der Waals surface area contributed by atoms with Gasteiger partial charge in [-0.15, -0.1) is 0 Å². The van der Waals surface area contributed by atoms with E-state index in [1.165, 1.54) is 552 Å². The summed E-state index contributed by atoms with van der Waals surface area (Å²) in [5, 5.41) is 0. The molecule has 840 valence electrons. The van der Waals surface area contributed by atoms with Crippen LogP contribution in [0.4, 0.5) is 0 Å². The fourth-order valence-electron chi connectivity index (χ4n) is 21.0. The minimum atomic E-state index is 0.823. The number of hydrogen-bond donors (Lipinski definition) is 0. The number of unbranched alkanes of at least 4 members (excludes halogenated alkanes) is 52. The Hall–Kier alpha value is -0.520. The van der Waals surface area contributed by atoms with Gasteiger partial charge in [-0.1, -0.05) is 760 Å². The monoisotopic (exact) mass is 1950 g/mol. The fraction of sp³-hybridized carbons (Fsp3) is 0.971. The predicted molar refractivity (Wildman–Crippen MR) is 653 cm³/mol. The van der Waals surface area contributed by atoms with E-state index in [9.17, 15) is 0 Å². The Morgan fingerprint density at radius 2 is 0.188 bits per heavy atom.